The second kappa shape index (κ2) is 12.4. The zero-order chi connectivity index (χ0) is 22.8. The number of ether oxygens (including phenoxy) is 1. The minimum atomic E-state index is 0.240. The molecule has 1 aliphatic heterocycles. The van der Waals surface area contributed by atoms with Gasteiger partial charge in [-0.2, -0.15) is 0 Å². The number of morpholine rings is 1. The highest BCUT2D eigenvalue weighted by Gasteiger charge is 2.18. The SMILES string of the molecule is CN=C(NCCC(C)N(C)Cc1ccccc1)NCc1ccnc(N2CCOC(C)C2)c1. The van der Waals surface area contributed by atoms with Crippen molar-refractivity contribution in [3.63, 3.8) is 0 Å². The predicted octanol–water partition coefficient (Wildman–Crippen LogP) is 2.88. The quantitative estimate of drug-likeness (QED) is 0.464. The Morgan fingerprint density at radius 1 is 1.25 bits per heavy atom. The highest BCUT2D eigenvalue weighted by atomic mass is 16.5. The van der Waals surface area contributed by atoms with Gasteiger partial charge >= 0.3 is 0 Å². The third-order valence-electron chi connectivity index (χ3n) is 5.94. The molecule has 7 nitrogen and oxygen atoms in total. The van der Waals surface area contributed by atoms with E-state index in [0.717, 1.165) is 51.0 Å². The lowest BCUT2D eigenvalue weighted by molar-refractivity contribution is 0.0529. The summed E-state index contributed by atoms with van der Waals surface area (Å²) in [5.41, 5.74) is 2.53. The van der Waals surface area contributed by atoms with E-state index < -0.39 is 0 Å². The maximum atomic E-state index is 5.64. The Balaban J connectivity index is 1.41. The molecule has 1 aliphatic rings. The van der Waals surface area contributed by atoms with Gasteiger partial charge in [0.1, 0.15) is 5.82 Å². The molecule has 0 spiro atoms. The van der Waals surface area contributed by atoms with Gasteiger partial charge in [-0.3, -0.25) is 9.89 Å². The van der Waals surface area contributed by atoms with Crippen LogP contribution in [0.3, 0.4) is 0 Å². The highest BCUT2D eigenvalue weighted by molar-refractivity contribution is 5.79. The van der Waals surface area contributed by atoms with Crippen LogP contribution >= 0.6 is 0 Å². The Morgan fingerprint density at radius 3 is 2.81 bits per heavy atom. The van der Waals surface area contributed by atoms with Gasteiger partial charge in [0.05, 0.1) is 12.7 Å². The first-order valence-corrected chi connectivity index (χ1v) is 11.6. The topological polar surface area (TPSA) is 65.0 Å². The fourth-order valence-electron chi connectivity index (χ4n) is 3.82. The lowest BCUT2D eigenvalue weighted by Crippen LogP contribution is -2.41. The van der Waals surface area contributed by atoms with E-state index in [9.17, 15) is 0 Å². The maximum absolute atomic E-state index is 5.64. The van der Waals surface area contributed by atoms with Crippen LogP contribution in [0.5, 0.6) is 0 Å². The van der Waals surface area contributed by atoms with Crippen molar-refractivity contribution in [2.75, 3.05) is 45.2 Å². The van der Waals surface area contributed by atoms with Crippen LogP contribution in [0, 0.1) is 0 Å². The van der Waals surface area contributed by atoms with Crippen LogP contribution in [0.1, 0.15) is 31.4 Å². The third kappa shape index (κ3) is 7.50. The first kappa shape index (κ1) is 24.0. The zero-order valence-electron chi connectivity index (χ0n) is 19.9. The fraction of sp³-hybridized carbons (Fsp3) is 0.520. The fourth-order valence-corrected chi connectivity index (χ4v) is 3.82. The minimum absolute atomic E-state index is 0.240. The van der Waals surface area contributed by atoms with Gasteiger partial charge in [0, 0.05) is 52.0 Å². The molecular formula is C25H38N6O. The highest BCUT2D eigenvalue weighted by Crippen LogP contribution is 2.16. The number of anilines is 1. The molecule has 2 heterocycles. The molecule has 1 fully saturated rings. The molecular weight excluding hydrogens is 400 g/mol. The Bertz CT molecular complexity index is 843. The maximum Gasteiger partial charge on any atom is 0.191 e. The number of hydrogen-bond donors (Lipinski definition) is 2. The number of guanidine groups is 1. The summed E-state index contributed by atoms with van der Waals surface area (Å²) in [7, 11) is 3.99. The molecule has 0 bridgehead atoms. The molecule has 0 radical (unpaired) electrons. The first-order valence-electron chi connectivity index (χ1n) is 11.6. The summed E-state index contributed by atoms with van der Waals surface area (Å²) in [5, 5.41) is 6.86. The first-order chi connectivity index (χ1) is 15.5. The van der Waals surface area contributed by atoms with Crippen LogP contribution in [-0.2, 0) is 17.8 Å². The van der Waals surface area contributed by atoms with Crippen molar-refractivity contribution in [2.24, 2.45) is 4.99 Å². The molecule has 0 aliphatic carbocycles. The molecule has 7 heteroatoms. The van der Waals surface area contributed by atoms with Gasteiger partial charge in [-0.1, -0.05) is 30.3 Å². The van der Waals surface area contributed by atoms with Crippen LogP contribution in [0.2, 0.25) is 0 Å². The second-order valence-corrected chi connectivity index (χ2v) is 8.54. The van der Waals surface area contributed by atoms with Gasteiger partial charge in [0.15, 0.2) is 5.96 Å². The monoisotopic (exact) mass is 438 g/mol. The molecule has 1 aromatic heterocycles. The Kier molecular flexibility index (Phi) is 9.31. The summed E-state index contributed by atoms with van der Waals surface area (Å²) in [4.78, 5) is 13.6. The van der Waals surface area contributed by atoms with E-state index in [-0.39, 0.29) is 6.10 Å². The van der Waals surface area contributed by atoms with Gasteiger partial charge in [-0.25, -0.2) is 4.98 Å². The number of rotatable bonds is 9. The van der Waals surface area contributed by atoms with Crippen molar-refractivity contribution in [1.82, 2.24) is 20.5 Å². The summed E-state index contributed by atoms with van der Waals surface area (Å²) in [6, 6.07) is 15.3. The average Bonchev–Trinajstić information content (AvgIpc) is 2.82. The molecule has 1 saturated heterocycles. The van der Waals surface area contributed by atoms with Gasteiger partial charge in [0.25, 0.3) is 0 Å². The van der Waals surface area contributed by atoms with Crippen molar-refractivity contribution >= 4 is 11.8 Å². The number of aliphatic imine (C=N–C) groups is 1. The molecule has 0 saturated carbocycles. The normalized spacial score (nSPS) is 18.0. The van der Waals surface area contributed by atoms with Gasteiger partial charge in [0.2, 0.25) is 0 Å². The van der Waals surface area contributed by atoms with Gasteiger partial charge in [-0.15, -0.1) is 0 Å². The summed E-state index contributed by atoms with van der Waals surface area (Å²) in [6.45, 7) is 9.42. The molecule has 2 atom stereocenters. The molecule has 2 N–H and O–H groups in total. The Morgan fingerprint density at radius 2 is 2.06 bits per heavy atom. The summed E-state index contributed by atoms with van der Waals surface area (Å²) in [5.74, 6) is 1.83. The van der Waals surface area contributed by atoms with Crippen LogP contribution in [0.25, 0.3) is 0 Å². The molecule has 1 aromatic carbocycles. The number of benzene rings is 1. The van der Waals surface area contributed by atoms with E-state index in [1.165, 1.54) is 11.1 Å². The summed E-state index contributed by atoms with van der Waals surface area (Å²) < 4.78 is 5.64. The van der Waals surface area contributed by atoms with Crippen molar-refractivity contribution in [3.8, 4) is 0 Å². The van der Waals surface area contributed by atoms with E-state index >= 15 is 0 Å². The lowest BCUT2D eigenvalue weighted by Gasteiger charge is -2.32. The van der Waals surface area contributed by atoms with Crippen molar-refractivity contribution < 1.29 is 4.74 Å². The molecule has 32 heavy (non-hydrogen) atoms. The molecule has 0 amide bonds. The number of hydrogen-bond acceptors (Lipinski definition) is 5. The minimum Gasteiger partial charge on any atom is -0.375 e. The van der Waals surface area contributed by atoms with E-state index in [4.69, 9.17) is 4.74 Å². The Hall–Kier alpha value is -2.64. The van der Waals surface area contributed by atoms with Crippen LogP contribution in [0.15, 0.2) is 53.7 Å². The number of pyridine rings is 1. The average molecular weight is 439 g/mol. The Labute approximate surface area is 192 Å². The summed E-state index contributed by atoms with van der Waals surface area (Å²) in [6.07, 6.45) is 3.16. The van der Waals surface area contributed by atoms with Crippen LogP contribution in [0.4, 0.5) is 5.82 Å². The van der Waals surface area contributed by atoms with Crippen LogP contribution in [-0.4, -0.2) is 68.3 Å². The van der Waals surface area contributed by atoms with Crippen LogP contribution < -0.4 is 15.5 Å². The number of nitrogens with one attached hydrogen (secondary N) is 2. The molecule has 3 rings (SSSR count). The predicted molar refractivity (Wildman–Crippen MR) is 132 cm³/mol. The summed E-state index contributed by atoms with van der Waals surface area (Å²) >= 11 is 0. The molecule has 2 unspecified atom stereocenters. The van der Waals surface area contributed by atoms with E-state index in [0.29, 0.717) is 12.6 Å². The number of nitrogens with zero attached hydrogens (tertiary/aromatic N) is 4. The van der Waals surface area contributed by atoms with E-state index in [1.807, 2.05) is 19.3 Å². The second-order valence-electron chi connectivity index (χ2n) is 8.54. The van der Waals surface area contributed by atoms with E-state index in [2.05, 4.69) is 87.7 Å². The van der Waals surface area contributed by atoms with Gasteiger partial charge < -0.3 is 20.3 Å². The van der Waals surface area contributed by atoms with E-state index in [1.54, 1.807) is 0 Å². The largest absolute Gasteiger partial charge is 0.375 e. The zero-order valence-corrected chi connectivity index (χ0v) is 19.9. The lowest BCUT2D eigenvalue weighted by atomic mass is 10.1. The van der Waals surface area contributed by atoms with Crippen molar-refractivity contribution in [1.29, 1.82) is 0 Å². The van der Waals surface area contributed by atoms with Crippen molar-refractivity contribution in [3.05, 3.63) is 59.8 Å². The molecule has 174 valence electrons. The third-order valence-corrected chi connectivity index (χ3v) is 5.94. The molecule has 2 aromatic rings. The smallest absolute Gasteiger partial charge is 0.191 e. The van der Waals surface area contributed by atoms with Gasteiger partial charge in [-0.05, 0) is 50.6 Å². The van der Waals surface area contributed by atoms with Crippen molar-refractivity contribution in [2.45, 2.75) is 45.5 Å². The standard InChI is InChI=1S/C25H38N6O/c1-20(30(4)19-22-8-6-5-7-9-22)10-12-28-25(26-3)29-17-23-11-13-27-24(16-23)31-14-15-32-21(2)18-31/h5-9,11,13,16,20-21H,10,12,14-15,17-19H2,1-4H3,(H2,26,28,29). The number of aromatic nitrogens is 1.